The van der Waals surface area contributed by atoms with E-state index >= 15 is 0 Å². The van der Waals surface area contributed by atoms with Gasteiger partial charge in [0.05, 0.1) is 0 Å². The van der Waals surface area contributed by atoms with Crippen LogP contribution in [0.3, 0.4) is 0 Å². The highest BCUT2D eigenvalue weighted by atomic mass is 35.5. The van der Waals surface area contributed by atoms with Crippen LogP contribution in [-0.2, 0) is 9.53 Å². The van der Waals surface area contributed by atoms with E-state index in [0.29, 0.717) is 18.4 Å². The summed E-state index contributed by atoms with van der Waals surface area (Å²) >= 11 is 5.69. The molecule has 2 heterocycles. The van der Waals surface area contributed by atoms with E-state index in [0.717, 1.165) is 12.8 Å². The number of carbonyl (C=O) groups is 1. The molecule has 1 saturated heterocycles. The van der Waals surface area contributed by atoms with Crippen molar-refractivity contribution in [3.05, 3.63) is 17.4 Å². The minimum Gasteiger partial charge on any atom is -0.381 e. The van der Waals surface area contributed by atoms with E-state index < -0.39 is 0 Å². The van der Waals surface area contributed by atoms with Crippen molar-refractivity contribution in [1.29, 1.82) is 0 Å². The molecule has 2 rings (SSSR count). The van der Waals surface area contributed by atoms with E-state index in [1.54, 1.807) is 6.07 Å². The molecule has 0 spiro atoms. The number of nitrogens with one attached hydrogen (secondary N) is 1. The fourth-order valence-electron chi connectivity index (χ4n) is 1.57. The van der Waals surface area contributed by atoms with Crippen molar-refractivity contribution in [2.75, 3.05) is 18.5 Å². The predicted octanol–water partition coefficient (Wildman–Crippen LogP) is 1.50. The van der Waals surface area contributed by atoms with Crippen LogP contribution in [-0.4, -0.2) is 29.1 Å². The zero-order chi connectivity index (χ0) is 11.4. The second-order valence-corrected chi connectivity index (χ2v) is 3.97. The summed E-state index contributed by atoms with van der Waals surface area (Å²) in [4.78, 5) is 19.6. The monoisotopic (exact) mass is 241 g/mol. The Balaban J connectivity index is 1.96. The third-order valence-electron chi connectivity index (χ3n) is 2.45. The number of amides is 1. The summed E-state index contributed by atoms with van der Waals surface area (Å²) in [7, 11) is 0. The maximum Gasteiger partial charge on any atom is 0.230 e. The van der Waals surface area contributed by atoms with Crippen molar-refractivity contribution < 1.29 is 9.53 Å². The lowest BCUT2D eigenvalue weighted by Crippen LogP contribution is -2.29. The number of nitrogens with zero attached hydrogens (tertiary/aromatic N) is 2. The molecule has 1 fully saturated rings. The summed E-state index contributed by atoms with van der Waals surface area (Å²) in [5, 5.41) is 2.97. The van der Waals surface area contributed by atoms with Crippen LogP contribution in [0.2, 0.25) is 5.15 Å². The van der Waals surface area contributed by atoms with Crippen LogP contribution in [0, 0.1) is 5.92 Å². The van der Waals surface area contributed by atoms with Gasteiger partial charge in [-0.05, 0) is 18.9 Å². The zero-order valence-corrected chi connectivity index (χ0v) is 9.41. The molecule has 1 aromatic heterocycles. The Labute approximate surface area is 98.2 Å². The Bertz CT molecular complexity index is 380. The first-order chi connectivity index (χ1) is 7.75. The molecule has 1 aromatic rings. The molecule has 1 aliphatic heterocycles. The third kappa shape index (κ3) is 2.90. The summed E-state index contributed by atoms with van der Waals surface area (Å²) in [6.45, 7) is 1.27. The first-order valence-corrected chi connectivity index (χ1v) is 5.50. The van der Waals surface area contributed by atoms with E-state index in [-0.39, 0.29) is 17.8 Å². The lowest BCUT2D eigenvalue weighted by Gasteiger charge is -2.20. The zero-order valence-electron chi connectivity index (χ0n) is 8.65. The second kappa shape index (κ2) is 5.23. The van der Waals surface area contributed by atoms with Crippen molar-refractivity contribution >= 4 is 23.5 Å². The Kier molecular flexibility index (Phi) is 3.69. The first-order valence-electron chi connectivity index (χ1n) is 5.13. The number of ether oxygens (including phenoxy) is 1. The Hall–Kier alpha value is -1.20. The average molecular weight is 242 g/mol. The molecule has 0 aromatic carbocycles. The Morgan fingerprint density at radius 1 is 1.50 bits per heavy atom. The summed E-state index contributed by atoms with van der Waals surface area (Å²) in [6.07, 6.45) is 2.99. The number of aromatic nitrogens is 2. The van der Waals surface area contributed by atoms with Gasteiger partial charge in [0.25, 0.3) is 0 Å². The average Bonchev–Trinajstić information content (AvgIpc) is 2.30. The predicted molar refractivity (Wildman–Crippen MR) is 59.2 cm³/mol. The first kappa shape index (κ1) is 11.3. The molecule has 1 amide bonds. The standard InChI is InChI=1S/C10H12ClN3O2/c11-8-1-4-12-10(13-8)14-9(15)7-2-5-16-6-3-7/h1,4,7H,2-3,5-6H2,(H,12,13,14,15). The Morgan fingerprint density at radius 2 is 2.25 bits per heavy atom. The van der Waals surface area contributed by atoms with Crippen LogP contribution in [0.25, 0.3) is 0 Å². The maximum absolute atomic E-state index is 11.8. The molecule has 5 nitrogen and oxygen atoms in total. The summed E-state index contributed by atoms with van der Waals surface area (Å²) in [5.74, 6) is 0.172. The summed E-state index contributed by atoms with van der Waals surface area (Å²) in [5.41, 5.74) is 0. The molecule has 0 atom stereocenters. The highest BCUT2D eigenvalue weighted by Gasteiger charge is 2.22. The molecular formula is C10H12ClN3O2. The number of carbonyl (C=O) groups excluding carboxylic acids is 1. The lowest BCUT2D eigenvalue weighted by molar-refractivity contribution is -0.122. The molecule has 0 radical (unpaired) electrons. The Morgan fingerprint density at radius 3 is 2.94 bits per heavy atom. The molecule has 16 heavy (non-hydrogen) atoms. The number of halogens is 1. The molecular weight excluding hydrogens is 230 g/mol. The number of anilines is 1. The van der Waals surface area contributed by atoms with Crippen LogP contribution in [0.1, 0.15) is 12.8 Å². The number of hydrogen-bond acceptors (Lipinski definition) is 4. The second-order valence-electron chi connectivity index (χ2n) is 3.58. The van der Waals surface area contributed by atoms with E-state index in [1.807, 2.05) is 0 Å². The van der Waals surface area contributed by atoms with Crippen molar-refractivity contribution in [3.8, 4) is 0 Å². The lowest BCUT2D eigenvalue weighted by atomic mass is 10.00. The van der Waals surface area contributed by atoms with Crippen LogP contribution in [0.5, 0.6) is 0 Å². The minimum atomic E-state index is -0.0643. The topological polar surface area (TPSA) is 64.1 Å². The van der Waals surface area contributed by atoms with E-state index in [2.05, 4.69) is 15.3 Å². The van der Waals surface area contributed by atoms with Gasteiger partial charge in [-0.2, -0.15) is 0 Å². The summed E-state index contributed by atoms with van der Waals surface area (Å²) < 4.78 is 5.19. The summed E-state index contributed by atoms with van der Waals surface area (Å²) in [6, 6.07) is 1.56. The van der Waals surface area contributed by atoms with Crippen LogP contribution < -0.4 is 5.32 Å². The molecule has 0 bridgehead atoms. The van der Waals surface area contributed by atoms with Gasteiger partial charge in [-0.3, -0.25) is 10.1 Å². The van der Waals surface area contributed by atoms with Crippen molar-refractivity contribution in [3.63, 3.8) is 0 Å². The van der Waals surface area contributed by atoms with Crippen LogP contribution in [0.4, 0.5) is 5.95 Å². The van der Waals surface area contributed by atoms with Gasteiger partial charge in [0, 0.05) is 25.3 Å². The van der Waals surface area contributed by atoms with Gasteiger partial charge in [0.1, 0.15) is 5.15 Å². The fourth-order valence-corrected chi connectivity index (χ4v) is 1.71. The van der Waals surface area contributed by atoms with Crippen LogP contribution >= 0.6 is 11.6 Å². The van der Waals surface area contributed by atoms with E-state index in [4.69, 9.17) is 16.3 Å². The SMILES string of the molecule is O=C(Nc1nccc(Cl)n1)C1CCOCC1. The highest BCUT2D eigenvalue weighted by Crippen LogP contribution is 2.16. The largest absolute Gasteiger partial charge is 0.381 e. The maximum atomic E-state index is 11.8. The molecule has 1 N–H and O–H groups in total. The molecule has 0 unspecified atom stereocenters. The van der Waals surface area contributed by atoms with Crippen molar-refractivity contribution in [1.82, 2.24) is 9.97 Å². The highest BCUT2D eigenvalue weighted by molar-refractivity contribution is 6.29. The molecule has 0 saturated carbocycles. The van der Waals surface area contributed by atoms with Gasteiger partial charge in [0.2, 0.25) is 11.9 Å². The molecule has 86 valence electrons. The van der Waals surface area contributed by atoms with Crippen molar-refractivity contribution in [2.24, 2.45) is 5.92 Å². The van der Waals surface area contributed by atoms with Gasteiger partial charge in [-0.15, -0.1) is 0 Å². The quantitative estimate of drug-likeness (QED) is 0.797. The molecule has 1 aliphatic rings. The fraction of sp³-hybridized carbons (Fsp3) is 0.500. The number of hydrogen-bond donors (Lipinski definition) is 1. The third-order valence-corrected chi connectivity index (χ3v) is 2.66. The van der Waals surface area contributed by atoms with Gasteiger partial charge in [-0.25, -0.2) is 9.97 Å². The van der Waals surface area contributed by atoms with Crippen LogP contribution in [0.15, 0.2) is 12.3 Å². The number of rotatable bonds is 2. The van der Waals surface area contributed by atoms with Gasteiger partial charge >= 0.3 is 0 Å². The normalized spacial score (nSPS) is 17.1. The van der Waals surface area contributed by atoms with Gasteiger partial charge in [-0.1, -0.05) is 11.6 Å². The molecule has 0 aliphatic carbocycles. The van der Waals surface area contributed by atoms with E-state index in [9.17, 15) is 4.79 Å². The molecule has 6 heteroatoms. The van der Waals surface area contributed by atoms with Gasteiger partial charge in [0.15, 0.2) is 0 Å². The minimum absolute atomic E-state index is 0.0173. The van der Waals surface area contributed by atoms with Gasteiger partial charge < -0.3 is 4.74 Å². The smallest absolute Gasteiger partial charge is 0.230 e. The van der Waals surface area contributed by atoms with Crippen molar-refractivity contribution in [2.45, 2.75) is 12.8 Å². The van der Waals surface area contributed by atoms with E-state index in [1.165, 1.54) is 6.20 Å².